The summed E-state index contributed by atoms with van der Waals surface area (Å²) < 4.78 is 22.0. The summed E-state index contributed by atoms with van der Waals surface area (Å²) in [6, 6.07) is 9.48. The molecular formula is C11H17N2O3P. The van der Waals surface area contributed by atoms with Gasteiger partial charge in [0.25, 0.3) is 0 Å². The lowest BCUT2D eigenvalue weighted by Crippen LogP contribution is -2.09. The average Bonchev–Trinajstić information content (AvgIpc) is 2.31. The molecule has 0 radical (unpaired) electrons. The summed E-state index contributed by atoms with van der Waals surface area (Å²) in [5, 5.41) is 6.29. The standard InChI is InChI=1S/C11H17N2O3P/c1-3-15-17(14,16-4-2)13-12-10-11-8-6-5-7-9-11/h5-10H,3-4H2,1-2H3,(H,13,14)/b12-10-. The average molecular weight is 256 g/mol. The lowest BCUT2D eigenvalue weighted by atomic mass is 10.2. The smallest absolute Gasteiger partial charge is 0.292 e. The Balaban J connectivity index is 2.58. The van der Waals surface area contributed by atoms with Crippen molar-refractivity contribution in [2.75, 3.05) is 13.2 Å². The first-order chi connectivity index (χ1) is 8.20. The Hall–Kier alpha value is -1.16. The monoisotopic (exact) mass is 256 g/mol. The van der Waals surface area contributed by atoms with Gasteiger partial charge in [0.2, 0.25) is 0 Å². The van der Waals surface area contributed by atoms with Crippen molar-refractivity contribution in [3.05, 3.63) is 35.9 Å². The molecule has 0 spiro atoms. The molecule has 0 heterocycles. The van der Waals surface area contributed by atoms with Crippen LogP contribution in [0.1, 0.15) is 19.4 Å². The first kappa shape index (κ1) is 13.9. The molecule has 94 valence electrons. The fourth-order valence-electron chi connectivity index (χ4n) is 1.15. The highest BCUT2D eigenvalue weighted by atomic mass is 31.2. The van der Waals surface area contributed by atoms with Crippen LogP contribution in [0, 0.1) is 0 Å². The molecule has 6 heteroatoms. The third-order valence-corrected chi connectivity index (χ3v) is 3.35. The molecule has 0 unspecified atom stereocenters. The minimum absolute atomic E-state index is 0.297. The van der Waals surface area contributed by atoms with Crippen LogP contribution in [0.4, 0.5) is 0 Å². The fraction of sp³-hybridized carbons (Fsp3) is 0.364. The summed E-state index contributed by atoms with van der Waals surface area (Å²) in [6.45, 7) is 4.08. The van der Waals surface area contributed by atoms with E-state index in [1.54, 1.807) is 20.1 Å². The van der Waals surface area contributed by atoms with Crippen molar-refractivity contribution in [1.82, 2.24) is 5.20 Å². The second-order valence-corrected chi connectivity index (χ2v) is 4.81. The van der Waals surface area contributed by atoms with E-state index in [1.165, 1.54) is 0 Å². The van der Waals surface area contributed by atoms with Gasteiger partial charge in [-0.1, -0.05) is 30.3 Å². The lowest BCUT2D eigenvalue weighted by Gasteiger charge is -2.14. The van der Waals surface area contributed by atoms with Crippen LogP contribution in [0.3, 0.4) is 0 Å². The molecule has 0 aliphatic rings. The molecular weight excluding hydrogens is 239 g/mol. The molecule has 0 fully saturated rings. The summed E-state index contributed by atoms with van der Waals surface area (Å²) in [6.07, 6.45) is 1.56. The maximum absolute atomic E-state index is 11.9. The molecule has 1 aromatic carbocycles. The van der Waals surface area contributed by atoms with Gasteiger partial charge in [-0.25, -0.2) is 9.76 Å². The van der Waals surface area contributed by atoms with Crippen LogP contribution in [-0.4, -0.2) is 19.4 Å². The van der Waals surface area contributed by atoms with Crippen molar-refractivity contribution < 1.29 is 13.6 Å². The highest BCUT2D eigenvalue weighted by Crippen LogP contribution is 2.43. The van der Waals surface area contributed by atoms with Gasteiger partial charge < -0.3 is 0 Å². The maximum Gasteiger partial charge on any atom is 0.448 e. The Morgan fingerprint density at radius 3 is 2.35 bits per heavy atom. The molecule has 0 aliphatic heterocycles. The summed E-state index contributed by atoms with van der Waals surface area (Å²) in [7, 11) is -3.30. The number of rotatable bonds is 7. The molecule has 5 nitrogen and oxygen atoms in total. The lowest BCUT2D eigenvalue weighted by molar-refractivity contribution is 0.211. The van der Waals surface area contributed by atoms with E-state index in [2.05, 4.69) is 10.3 Å². The van der Waals surface area contributed by atoms with Crippen LogP contribution >= 0.6 is 7.75 Å². The van der Waals surface area contributed by atoms with Gasteiger partial charge in [0.15, 0.2) is 0 Å². The zero-order valence-electron chi connectivity index (χ0n) is 10.00. The van der Waals surface area contributed by atoms with E-state index in [0.29, 0.717) is 13.2 Å². The highest BCUT2D eigenvalue weighted by Gasteiger charge is 2.22. The van der Waals surface area contributed by atoms with Crippen LogP contribution in [0.15, 0.2) is 35.4 Å². The first-order valence-electron chi connectivity index (χ1n) is 5.44. The summed E-state index contributed by atoms with van der Waals surface area (Å²) in [5.41, 5.74) is 0.902. The van der Waals surface area contributed by atoms with Crippen molar-refractivity contribution in [2.24, 2.45) is 5.10 Å². The largest absolute Gasteiger partial charge is 0.448 e. The number of hydrazone groups is 1. The van der Waals surface area contributed by atoms with Crippen molar-refractivity contribution in [1.29, 1.82) is 0 Å². The second-order valence-electron chi connectivity index (χ2n) is 3.10. The molecule has 0 saturated carbocycles. The number of benzene rings is 1. The van der Waals surface area contributed by atoms with Gasteiger partial charge in [-0.05, 0) is 19.4 Å². The van der Waals surface area contributed by atoms with Crippen LogP contribution in [0.25, 0.3) is 0 Å². The van der Waals surface area contributed by atoms with Crippen molar-refractivity contribution in [3.8, 4) is 0 Å². The van der Waals surface area contributed by atoms with E-state index >= 15 is 0 Å². The molecule has 1 aromatic rings. The molecule has 0 amide bonds. The minimum atomic E-state index is -3.30. The molecule has 0 aliphatic carbocycles. The highest BCUT2D eigenvalue weighted by molar-refractivity contribution is 7.51. The Kier molecular flexibility index (Phi) is 5.91. The molecule has 1 N–H and O–H groups in total. The van der Waals surface area contributed by atoms with E-state index in [4.69, 9.17) is 9.05 Å². The first-order valence-corrected chi connectivity index (χ1v) is 6.99. The van der Waals surface area contributed by atoms with Crippen LogP contribution in [0.5, 0.6) is 0 Å². The maximum atomic E-state index is 11.9. The number of nitrogens with one attached hydrogen (secondary N) is 1. The summed E-state index contributed by atoms with van der Waals surface area (Å²) in [5.74, 6) is 0. The van der Waals surface area contributed by atoms with Crippen molar-refractivity contribution in [2.45, 2.75) is 13.8 Å². The van der Waals surface area contributed by atoms with Crippen molar-refractivity contribution in [3.63, 3.8) is 0 Å². The Bertz CT molecular complexity index is 385. The van der Waals surface area contributed by atoms with Gasteiger partial charge >= 0.3 is 7.75 Å². The molecule has 0 bridgehead atoms. The van der Waals surface area contributed by atoms with E-state index in [1.807, 2.05) is 30.3 Å². The van der Waals surface area contributed by atoms with Gasteiger partial charge in [-0.3, -0.25) is 9.05 Å². The third-order valence-electron chi connectivity index (χ3n) is 1.79. The summed E-state index contributed by atoms with van der Waals surface area (Å²) in [4.78, 5) is 0. The SMILES string of the molecule is CCOP(=O)(N/N=C\c1ccccc1)OCC. The molecule has 1 rings (SSSR count). The Labute approximate surface area is 101 Å². The van der Waals surface area contributed by atoms with Gasteiger partial charge in [0, 0.05) is 0 Å². The Morgan fingerprint density at radius 2 is 1.82 bits per heavy atom. The van der Waals surface area contributed by atoms with Crippen LogP contribution in [-0.2, 0) is 13.6 Å². The number of nitrogens with zero attached hydrogens (tertiary/aromatic N) is 1. The predicted molar refractivity (Wildman–Crippen MR) is 68.0 cm³/mol. The quantitative estimate of drug-likeness (QED) is 0.463. The van der Waals surface area contributed by atoms with Gasteiger partial charge in [0.1, 0.15) is 0 Å². The van der Waals surface area contributed by atoms with E-state index in [0.717, 1.165) is 5.56 Å². The zero-order chi connectivity index (χ0) is 12.6. The molecule has 0 saturated heterocycles. The topological polar surface area (TPSA) is 59.9 Å². The van der Waals surface area contributed by atoms with Gasteiger partial charge in [-0.2, -0.15) is 5.10 Å². The Morgan fingerprint density at radius 1 is 1.24 bits per heavy atom. The van der Waals surface area contributed by atoms with Crippen LogP contribution < -0.4 is 5.20 Å². The van der Waals surface area contributed by atoms with Gasteiger partial charge in [0.05, 0.1) is 19.4 Å². The second kappa shape index (κ2) is 7.22. The molecule has 17 heavy (non-hydrogen) atoms. The molecule has 0 aromatic heterocycles. The van der Waals surface area contributed by atoms with Gasteiger partial charge in [-0.15, -0.1) is 0 Å². The molecule has 0 atom stereocenters. The fourth-order valence-corrected chi connectivity index (χ4v) is 2.22. The van der Waals surface area contributed by atoms with E-state index < -0.39 is 7.75 Å². The van der Waals surface area contributed by atoms with Crippen LogP contribution in [0.2, 0.25) is 0 Å². The van der Waals surface area contributed by atoms with E-state index in [9.17, 15) is 4.57 Å². The third kappa shape index (κ3) is 5.13. The normalized spacial score (nSPS) is 11.9. The number of hydrogen-bond donors (Lipinski definition) is 1. The minimum Gasteiger partial charge on any atom is -0.292 e. The van der Waals surface area contributed by atoms with E-state index in [-0.39, 0.29) is 0 Å². The predicted octanol–water partition coefficient (Wildman–Crippen LogP) is 2.79. The number of hydrogen-bond acceptors (Lipinski definition) is 4. The zero-order valence-corrected chi connectivity index (χ0v) is 10.9. The summed E-state index contributed by atoms with van der Waals surface area (Å²) >= 11 is 0. The van der Waals surface area contributed by atoms with Crippen molar-refractivity contribution >= 4 is 14.0 Å².